The number of rotatable bonds is 2. The second-order valence-corrected chi connectivity index (χ2v) is 5.92. The van der Waals surface area contributed by atoms with Gasteiger partial charge in [0, 0.05) is 0 Å². The fourth-order valence-corrected chi connectivity index (χ4v) is 3.48. The first-order valence-electron chi connectivity index (χ1n) is 7.39. The Balaban J connectivity index is 1.79. The molecule has 0 saturated heterocycles. The summed E-state index contributed by atoms with van der Waals surface area (Å²) < 4.78 is 0. The zero-order valence-electron chi connectivity index (χ0n) is 11.7. The molecule has 0 heteroatoms. The third-order valence-corrected chi connectivity index (χ3v) is 4.70. The van der Waals surface area contributed by atoms with Gasteiger partial charge in [-0.2, -0.15) is 0 Å². The highest BCUT2D eigenvalue weighted by atomic mass is 14.5. The van der Waals surface area contributed by atoms with Crippen molar-refractivity contribution < 1.29 is 0 Å². The summed E-state index contributed by atoms with van der Waals surface area (Å²) in [5.41, 5.74) is 5.62. The maximum atomic E-state index is 2.47. The fraction of sp³-hybridized carbons (Fsp3) is 0.200. The summed E-state index contributed by atoms with van der Waals surface area (Å²) in [5.74, 6) is 2.23. The third-order valence-electron chi connectivity index (χ3n) is 4.70. The van der Waals surface area contributed by atoms with Crippen molar-refractivity contribution in [2.45, 2.75) is 6.92 Å². The van der Waals surface area contributed by atoms with Gasteiger partial charge in [0.05, 0.1) is 0 Å². The highest BCUT2D eigenvalue weighted by Gasteiger charge is 2.49. The quantitative estimate of drug-likeness (QED) is 0.707. The van der Waals surface area contributed by atoms with Crippen LogP contribution in [0.2, 0.25) is 0 Å². The minimum Gasteiger partial charge on any atom is -0.0726 e. The van der Waals surface area contributed by atoms with Crippen LogP contribution < -0.4 is 0 Å². The molecular formula is C20H18. The topological polar surface area (TPSA) is 0 Å². The van der Waals surface area contributed by atoms with Crippen molar-refractivity contribution in [3.05, 3.63) is 83.9 Å². The summed E-state index contributed by atoms with van der Waals surface area (Å²) in [7, 11) is 0. The van der Waals surface area contributed by atoms with E-state index in [2.05, 4.69) is 79.7 Å². The summed E-state index contributed by atoms with van der Waals surface area (Å²) in [6.07, 6.45) is 4.87. The van der Waals surface area contributed by atoms with Crippen LogP contribution in [-0.4, -0.2) is 0 Å². The molecule has 0 amide bonds. The van der Waals surface area contributed by atoms with Crippen molar-refractivity contribution in [1.29, 1.82) is 0 Å². The average Bonchev–Trinajstić information content (AvgIpc) is 3.19. The maximum Gasteiger partial charge on any atom is -0.00582 e. The Labute approximate surface area is 120 Å². The monoisotopic (exact) mass is 258 g/mol. The van der Waals surface area contributed by atoms with Crippen molar-refractivity contribution >= 4 is 11.1 Å². The lowest BCUT2D eigenvalue weighted by atomic mass is 9.90. The van der Waals surface area contributed by atoms with Gasteiger partial charge in [0.15, 0.2) is 0 Å². The molecule has 3 atom stereocenters. The standard InChI is InChI=1S/C20H18/c1-14-18-12-17(15-8-4-2-5-9-15)13-19(20(14)18)16-10-6-3-7-11-16/h2-14,18,20H,1H3. The molecule has 0 heterocycles. The number of benzene rings is 2. The van der Waals surface area contributed by atoms with Crippen LogP contribution in [0.1, 0.15) is 18.1 Å². The smallest absolute Gasteiger partial charge is 0.00582 e. The second kappa shape index (κ2) is 4.49. The largest absolute Gasteiger partial charge is 0.0726 e. The van der Waals surface area contributed by atoms with Gasteiger partial charge in [-0.3, -0.25) is 0 Å². The third kappa shape index (κ3) is 1.84. The molecule has 0 radical (unpaired) electrons. The Kier molecular flexibility index (Phi) is 2.63. The molecule has 20 heavy (non-hydrogen) atoms. The van der Waals surface area contributed by atoms with Gasteiger partial charge in [-0.15, -0.1) is 0 Å². The van der Waals surface area contributed by atoms with Gasteiger partial charge in [-0.1, -0.05) is 79.7 Å². The van der Waals surface area contributed by atoms with E-state index >= 15 is 0 Å². The SMILES string of the molecule is CC1C2C=C(c3ccccc3)C=C(c3ccccc3)C12. The minimum absolute atomic E-state index is 0.727. The predicted octanol–water partition coefficient (Wildman–Crippen LogP) is 5.05. The van der Waals surface area contributed by atoms with E-state index in [0.29, 0.717) is 0 Å². The van der Waals surface area contributed by atoms with E-state index in [1.165, 1.54) is 22.3 Å². The van der Waals surface area contributed by atoms with Crippen LogP contribution in [-0.2, 0) is 0 Å². The maximum absolute atomic E-state index is 2.47. The van der Waals surface area contributed by atoms with E-state index in [-0.39, 0.29) is 0 Å². The van der Waals surface area contributed by atoms with Gasteiger partial charge in [0.1, 0.15) is 0 Å². The van der Waals surface area contributed by atoms with E-state index < -0.39 is 0 Å². The van der Waals surface area contributed by atoms with Crippen molar-refractivity contribution in [3.8, 4) is 0 Å². The molecule has 2 aromatic rings. The van der Waals surface area contributed by atoms with E-state index in [9.17, 15) is 0 Å². The van der Waals surface area contributed by atoms with Gasteiger partial charge < -0.3 is 0 Å². The zero-order chi connectivity index (χ0) is 13.5. The Bertz CT molecular complexity index is 676. The summed E-state index contributed by atoms with van der Waals surface area (Å²) in [4.78, 5) is 0. The molecule has 98 valence electrons. The summed E-state index contributed by atoms with van der Waals surface area (Å²) in [6.45, 7) is 2.37. The van der Waals surface area contributed by atoms with E-state index in [4.69, 9.17) is 0 Å². The lowest BCUT2D eigenvalue weighted by Crippen LogP contribution is -1.96. The van der Waals surface area contributed by atoms with Gasteiger partial charge in [0.25, 0.3) is 0 Å². The van der Waals surface area contributed by atoms with E-state index in [1.807, 2.05) is 0 Å². The Morgan fingerprint density at radius 3 is 2.00 bits per heavy atom. The Morgan fingerprint density at radius 1 is 0.750 bits per heavy atom. The molecule has 0 aromatic heterocycles. The number of fused-ring (bicyclic) bond motifs is 1. The number of allylic oxidation sites excluding steroid dienone is 4. The lowest BCUT2D eigenvalue weighted by molar-refractivity contribution is 0.889. The molecule has 2 aliphatic carbocycles. The van der Waals surface area contributed by atoms with Crippen molar-refractivity contribution in [1.82, 2.24) is 0 Å². The normalized spacial score (nSPS) is 27.4. The minimum atomic E-state index is 0.727. The molecule has 1 fully saturated rings. The summed E-state index contributed by atoms with van der Waals surface area (Å²) in [5, 5.41) is 0. The van der Waals surface area contributed by atoms with Crippen LogP contribution in [0, 0.1) is 17.8 Å². The summed E-state index contributed by atoms with van der Waals surface area (Å²) in [6, 6.07) is 21.6. The van der Waals surface area contributed by atoms with Crippen LogP contribution in [0.4, 0.5) is 0 Å². The van der Waals surface area contributed by atoms with Crippen LogP contribution in [0.3, 0.4) is 0 Å². The molecule has 0 N–H and O–H groups in total. The molecule has 2 aromatic carbocycles. The van der Waals surface area contributed by atoms with Crippen LogP contribution in [0.25, 0.3) is 11.1 Å². The zero-order valence-corrected chi connectivity index (χ0v) is 11.7. The molecule has 0 bridgehead atoms. The first-order valence-corrected chi connectivity index (χ1v) is 7.39. The van der Waals surface area contributed by atoms with Gasteiger partial charge >= 0.3 is 0 Å². The van der Waals surface area contributed by atoms with Crippen LogP contribution in [0.15, 0.2) is 72.8 Å². The van der Waals surface area contributed by atoms with Crippen molar-refractivity contribution in [3.63, 3.8) is 0 Å². The molecule has 0 spiro atoms. The predicted molar refractivity (Wildman–Crippen MR) is 85.0 cm³/mol. The molecule has 2 aliphatic rings. The highest BCUT2D eigenvalue weighted by molar-refractivity contribution is 5.89. The van der Waals surface area contributed by atoms with Gasteiger partial charge in [-0.25, -0.2) is 0 Å². The van der Waals surface area contributed by atoms with Crippen molar-refractivity contribution in [2.24, 2.45) is 17.8 Å². The Hall–Kier alpha value is -2.08. The van der Waals surface area contributed by atoms with Crippen LogP contribution >= 0.6 is 0 Å². The average molecular weight is 258 g/mol. The van der Waals surface area contributed by atoms with Crippen LogP contribution in [0.5, 0.6) is 0 Å². The Morgan fingerprint density at radius 2 is 1.35 bits per heavy atom. The highest BCUT2D eigenvalue weighted by Crippen LogP contribution is 2.58. The molecule has 3 unspecified atom stereocenters. The molecule has 0 aliphatic heterocycles. The second-order valence-electron chi connectivity index (χ2n) is 5.92. The molecule has 4 rings (SSSR count). The van der Waals surface area contributed by atoms with E-state index in [1.54, 1.807) is 0 Å². The number of hydrogen-bond donors (Lipinski definition) is 0. The summed E-state index contributed by atoms with van der Waals surface area (Å²) >= 11 is 0. The van der Waals surface area contributed by atoms with Crippen molar-refractivity contribution in [2.75, 3.05) is 0 Å². The first kappa shape index (κ1) is 11.7. The van der Waals surface area contributed by atoms with E-state index in [0.717, 1.165) is 17.8 Å². The fourth-order valence-electron chi connectivity index (χ4n) is 3.48. The molecular weight excluding hydrogens is 240 g/mol. The lowest BCUT2D eigenvalue weighted by Gasteiger charge is -2.14. The van der Waals surface area contributed by atoms with Gasteiger partial charge in [-0.05, 0) is 40.0 Å². The first-order chi connectivity index (χ1) is 9.84. The molecule has 1 saturated carbocycles. The van der Waals surface area contributed by atoms with Gasteiger partial charge in [0.2, 0.25) is 0 Å². The number of hydrogen-bond acceptors (Lipinski definition) is 0. The molecule has 0 nitrogen and oxygen atoms in total.